The Hall–Kier alpha value is -0.640. The molecule has 0 bridgehead atoms. The second kappa shape index (κ2) is 4.28. The smallest absolute Gasteiger partial charge is 0.0436 e. The Balaban J connectivity index is 2.47. The second-order valence-corrected chi connectivity index (χ2v) is 3.32. The third kappa shape index (κ3) is 2.46. The summed E-state index contributed by atoms with van der Waals surface area (Å²) in [5.41, 5.74) is 2.68. The normalized spacial score (nSPS) is 12.8. The van der Waals surface area contributed by atoms with Crippen molar-refractivity contribution in [3.8, 4) is 0 Å². The fourth-order valence-electron chi connectivity index (χ4n) is 0.856. The van der Waals surface area contributed by atoms with Crippen LogP contribution in [0.2, 0.25) is 0 Å². The summed E-state index contributed by atoms with van der Waals surface area (Å²) in [6.07, 6.45) is 2.75. The fraction of sp³-hybridized carbons (Fsp3) is 0.250. The summed E-state index contributed by atoms with van der Waals surface area (Å²) in [5.74, 6) is 5.28. The quantitative estimate of drug-likeness (QED) is 0.404. The average molecular weight is 168 g/mol. The van der Waals surface area contributed by atoms with Crippen molar-refractivity contribution in [1.82, 2.24) is 5.43 Å². The zero-order valence-corrected chi connectivity index (χ0v) is 7.10. The molecule has 0 saturated heterocycles. The van der Waals surface area contributed by atoms with Gasteiger partial charge in [0.25, 0.3) is 0 Å². The number of thiophene rings is 1. The van der Waals surface area contributed by atoms with Crippen LogP contribution < -0.4 is 11.3 Å². The molecule has 0 spiro atoms. The summed E-state index contributed by atoms with van der Waals surface area (Å²) in [4.78, 5) is 1.33. The molecule has 0 radical (unpaired) electrons. The van der Waals surface area contributed by atoms with E-state index in [0.717, 1.165) is 6.42 Å². The molecule has 11 heavy (non-hydrogen) atoms. The lowest BCUT2D eigenvalue weighted by atomic mass is 10.2. The lowest BCUT2D eigenvalue weighted by Gasteiger charge is -2.07. The van der Waals surface area contributed by atoms with E-state index in [9.17, 15) is 0 Å². The van der Waals surface area contributed by atoms with Crippen molar-refractivity contribution < 1.29 is 0 Å². The second-order valence-electron chi connectivity index (χ2n) is 2.29. The highest BCUT2D eigenvalue weighted by atomic mass is 32.1. The maximum absolute atomic E-state index is 5.28. The minimum Gasteiger partial charge on any atom is -0.271 e. The third-order valence-corrected chi connectivity index (χ3v) is 2.40. The van der Waals surface area contributed by atoms with Gasteiger partial charge in [0.05, 0.1) is 0 Å². The molecule has 1 rings (SSSR count). The Kier molecular flexibility index (Phi) is 3.29. The number of rotatable bonds is 4. The maximum atomic E-state index is 5.28. The minimum atomic E-state index is 0.189. The van der Waals surface area contributed by atoms with Crippen molar-refractivity contribution in [2.24, 2.45) is 5.84 Å². The summed E-state index contributed by atoms with van der Waals surface area (Å²) >= 11 is 1.74. The van der Waals surface area contributed by atoms with Crippen molar-refractivity contribution in [1.29, 1.82) is 0 Å². The molecule has 1 heterocycles. The van der Waals surface area contributed by atoms with Gasteiger partial charge in [-0.3, -0.25) is 11.3 Å². The number of nitrogens with two attached hydrogens (primary N) is 1. The van der Waals surface area contributed by atoms with Crippen LogP contribution in [0.15, 0.2) is 30.2 Å². The average Bonchev–Trinajstić information content (AvgIpc) is 2.52. The molecule has 0 aliphatic rings. The summed E-state index contributed by atoms with van der Waals surface area (Å²) in [7, 11) is 0. The highest BCUT2D eigenvalue weighted by Gasteiger charge is 2.02. The summed E-state index contributed by atoms with van der Waals surface area (Å²) < 4.78 is 0. The standard InChI is InChI=1S/C8H12N2S/c1-2-7(10-9)6-8-4-3-5-11-8/h2-5,7,10H,1,6,9H2. The van der Waals surface area contributed by atoms with E-state index in [0.29, 0.717) is 0 Å². The monoisotopic (exact) mass is 168 g/mol. The van der Waals surface area contributed by atoms with E-state index in [1.807, 2.05) is 12.1 Å². The molecule has 60 valence electrons. The van der Waals surface area contributed by atoms with Crippen LogP contribution in [0.4, 0.5) is 0 Å². The molecule has 1 aromatic rings. The fourth-order valence-corrected chi connectivity index (χ4v) is 1.62. The van der Waals surface area contributed by atoms with Gasteiger partial charge in [0.1, 0.15) is 0 Å². The lowest BCUT2D eigenvalue weighted by molar-refractivity contribution is 0.622. The number of hydrazine groups is 1. The Morgan fingerprint density at radius 2 is 2.64 bits per heavy atom. The molecular formula is C8H12N2S. The molecule has 1 aromatic heterocycles. The maximum Gasteiger partial charge on any atom is 0.0436 e. The van der Waals surface area contributed by atoms with Crippen molar-refractivity contribution in [2.75, 3.05) is 0 Å². The number of hydrogen-bond donors (Lipinski definition) is 2. The van der Waals surface area contributed by atoms with Gasteiger partial charge in [-0.1, -0.05) is 12.1 Å². The summed E-state index contributed by atoms with van der Waals surface area (Å²) in [6, 6.07) is 4.32. The molecule has 1 unspecified atom stereocenters. The van der Waals surface area contributed by atoms with E-state index >= 15 is 0 Å². The molecule has 3 N–H and O–H groups in total. The van der Waals surface area contributed by atoms with Gasteiger partial charge in [-0.2, -0.15) is 0 Å². The molecule has 0 aromatic carbocycles. The first kappa shape index (κ1) is 8.46. The zero-order valence-electron chi connectivity index (χ0n) is 6.29. The molecule has 0 aliphatic carbocycles. The van der Waals surface area contributed by atoms with E-state index in [1.165, 1.54) is 4.88 Å². The van der Waals surface area contributed by atoms with Crippen LogP contribution in [0, 0.1) is 0 Å². The SMILES string of the molecule is C=CC(Cc1cccs1)NN. The Morgan fingerprint density at radius 1 is 1.82 bits per heavy atom. The highest BCUT2D eigenvalue weighted by Crippen LogP contribution is 2.10. The van der Waals surface area contributed by atoms with Gasteiger partial charge in [-0.25, -0.2) is 0 Å². The molecule has 0 aliphatic heterocycles. The van der Waals surface area contributed by atoms with Gasteiger partial charge < -0.3 is 0 Å². The van der Waals surface area contributed by atoms with Crippen LogP contribution in [-0.2, 0) is 6.42 Å². The minimum absolute atomic E-state index is 0.189. The van der Waals surface area contributed by atoms with Crippen LogP contribution in [0.5, 0.6) is 0 Å². The van der Waals surface area contributed by atoms with Gasteiger partial charge in [0, 0.05) is 17.3 Å². The van der Waals surface area contributed by atoms with Crippen molar-refractivity contribution in [2.45, 2.75) is 12.5 Å². The molecule has 0 saturated carbocycles. The molecule has 1 atom stereocenters. The molecular weight excluding hydrogens is 156 g/mol. The van der Waals surface area contributed by atoms with Crippen LogP contribution in [0.1, 0.15) is 4.88 Å². The third-order valence-electron chi connectivity index (χ3n) is 1.50. The topological polar surface area (TPSA) is 38.0 Å². The largest absolute Gasteiger partial charge is 0.271 e. The molecule has 2 nitrogen and oxygen atoms in total. The molecule has 0 fully saturated rings. The van der Waals surface area contributed by atoms with E-state index in [2.05, 4.69) is 23.5 Å². The van der Waals surface area contributed by atoms with E-state index in [4.69, 9.17) is 5.84 Å². The van der Waals surface area contributed by atoms with E-state index < -0.39 is 0 Å². The Morgan fingerprint density at radius 3 is 3.09 bits per heavy atom. The van der Waals surface area contributed by atoms with Crippen molar-refractivity contribution in [3.63, 3.8) is 0 Å². The van der Waals surface area contributed by atoms with E-state index in [-0.39, 0.29) is 6.04 Å². The predicted octanol–water partition coefficient (Wildman–Crippen LogP) is 1.31. The Labute approximate surface area is 70.7 Å². The Bertz CT molecular complexity index is 206. The zero-order chi connectivity index (χ0) is 8.10. The van der Waals surface area contributed by atoms with Crippen molar-refractivity contribution >= 4 is 11.3 Å². The van der Waals surface area contributed by atoms with Gasteiger partial charge in [0.15, 0.2) is 0 Å². The first-order valence-electron chi connectivity index (χ1n) is 3.48. The van der Waals surface area contributed by atoms with Crippen molar-refractivity contribution in [3.05, 3.63) is 35.0 Å². The van der Waals surface area contributed by atoms with Crippen LogP contribution in [0.3, 0.4) is 0 Å². The molecule has 3 heteroatoms. The number of hydrogen-bond acceptors (Lipinski definition) is 3. The van der Waals surface area contributed by atoms with E-state index in [1.54, 1.807) is 11.3 Å². The summed E-state index contributed by atoms with van der Waals surface area (Å²) in [6.45, 7) is 3.67. The van der Waals surface area contributed by atoms with Gasteiger partial charge in [-0.05, 0) is 11.4 Å². The molecule has 0 amide bonds. The first-order valence-corrected chi connectivity index (χ1v) is 4.36. The van der Waals surface area contributed by atoms with Gasteiger partial charge >= 0.3 is 0 Å². The van der Waals surface area contributed by atoms with Gasteiger partial charge in [-0.15, -0.1) is 17.9 Å². The summed E-state index contributed by atoms with van der Waals surface area (Å²) in [5, 5.41) is 2.06. The predicted molar refractivity (Wildman–Crippen MR) is 49.3 cm³/mol. The number of nitrogens with one attached hydrogen (secondary N) is 1. The van der Waals surface area contributed by atoms with Crippen LogP contribution in [-0.4, -0.2) is 6.04 Å². The van der Waals surface area contributed by atoms with Crippen LogP contribution >= 0.6 is 11.3 Å². The van der Waals surface area contributed by atoms with Crippen LogP contribution in [0.25, 0.3) is 0 Å². The van der Waals surface area contributed by atoms with Gasteiger partial charge in [0.2, 0.25) is 0 Å². The first-order chi connectivity index (χ1) is 5.36. The lowest BCUT2D eigenvalue weighted by Crippen LogP contribution is -2.34. The highest BCUT2D eigenvalue weighted by molar-refractivity contribution is 7.09.